The first-order chi connectivity index (χ1) is 8.00. The van der Waals surface area contributed by atoms with Gasteiger partial charge in [-0.05, 0) is 19.1 Å². The van der Waals surface area contributed by atoms with Crippen molar-refractivity contribution >= 4 is 30.5 Å². The predicted molar refractivity (Wildman–Crippen MR) is 75.6 cm³/mol. The SMILES string of the molecule is CC1CNCCN1c1ccccc1C(F)(F)F.Cl.Cl. The second-order valence-corrected chi connectivity index (χ2v) is 4.26. The lowest BCUT2D eigenvalue weighted by Gasteiger charge is -2.37. The van der Waals surface area contributed by atoms with Crippen molar-refractivity contribution in [3.05, 3.63) is 29.8 Å². The number of hydrogen-bond donors (Lipinski definition) is 1. The van der Waals surface area contributed by atoms with E-state index in [4.69, 9.17) is 0 Å². The Labute approximate surface area is 123 Å². The van der Waals surface area contributed by atoms with Gasteiger partial charge in [0.1, 0.15) is 0 Å². The van der Waals surface area contributed by atoms with Crippen LogP contribution in [0.25, 0.3) is 0 Å². The number of para-hydroxylation sites is 1. The number of halogens is 5. The number of nitrogens with one attached hydrogen (secondary N) is 1. The molecule has 0 amide bonds. The molecule has 0 aliphatic carbocycles. The molecule has 19 heavy (non-hydrogen) atoms. The Morgan fingerprint density at radius 1 is 1.21 bits per heavy atom. The molecule has 1 aliphatic rings. The molecule has 1 aromatic rings. The lowest BCUT2D eigenvalue weighted by Crippen LogP contribution is -2.50. The summed E-state index contributed by atoms with van der Waals surface area (Å²) in [5, 5.41) is 3.17. The fourth-order valence-electron chi connectivity index (χ4n) is 2.16. The molecule has 1 heterocycles. The van der Waals surface area contributed by atoms with Crippen molar-refractivity contribution in [1.82, 2.24) is 5.32 Å². The van der Waals surface area contributed by atoms with Crippen LogP contribution in [-0.4, -0.2) is 25.7 Å². The van der Waals surface area contributed by atoms with Crippen LogP contribution in [0, 0.1) is 0 Å². The molecule has 1 fully saturated rings. The van der Waals surface area contributed by atoms with Crippen LogP contribution in [0.3, 0.4) is 0 Å². The quantitative estimate of drug-likeness (QED) is 0.854. The third-order valence-electron chi connectivity index (χ3n) is 3.02. The first kappa shape index (κ1) is 18.4. The van der Waals surface area contributed by atoms with E-state index in [1.807, 2.05) is 11.8 Å². The van der Waals surface area contributed by atoms with Gasteiger partial charge in [-0.25, -0.2) is 0 Å². The van der Waals surface area contributed by atoms with Gasteiger partial charge in [-0.2, -0.15) is 13.2 Å². The van der Waals surface area contributed by atoms with Crippen LogP contribution in [0.15, 0.2) is 24.3 Å². The predicted octanol–water partition coefficient (Wildman–Crippen LogP) is 3.35. The first-order valence-corrected chi connectivity index (χ1v) is 5.64. The average Bonchev–Trinajstić information content (AvgIpc) is 2.28. The Morgan fingerprint density at radius 3 is 2.42 bits per heavy atom. The minimum absolute atomic E-state index is 0. The molecule has 0 aromatic heterocycles. The van der Waals surface area contributed by atoms with Gasteiger partial charge in [0.2, 0.25) is 0 Å². The molecule has 110 valence electrons. The van der Waals surface area contributed by atoms with Gasteiger partial charge in [-0.1, -0.05) is 12.1 Å². The monoisotopic (exact) mass is 316 g/mol. The normalized spacial score (nSPS) is 19.4. The molecule has 2 rings (SSSR count). The topological polar surface area (TPSA) is 15.3 Å². The molecule has 1 atom stereocenters. The zero-order chi connectivity index (χ0) is 12.5. The lowest BCUT2D eigenvalue weighted by atomic mass is 10.1. The summed E-state index contributed by atoms with van der Waals surface area (Å²) in [6.45, 7) is 3.97. The Bertz CT molecular complexity index is 399. The van der Waals surface area contributed by atoms with E-state index >= 15 is 0 Å². The van der Waals surface area contributed by atoms with Crippen LogP contribution in [-0.2, 0) is 6.18 Å². The highest BCUT2D eigenvalue weighted by Gasteiger charge is 2.35. The lowest BCUT2D eigenvalue weighted by molar-refractivity contribution is -0.137. The fourth-order valence-corrected chi connectivity index (χ4v) is 2.16. The molecule has 0 bridgehead atoms. The smallest absolute Gasteiger partial charge is 0.366 e. The summed E-state index contributed by atoms with van der Waals surface area (Å²) in [4.78, 5) is 1.82. The van der Waals surface area contributed by atoms with E-state index in [1.54, 1.807) is 12.1 Å². The maximum Gasteiger partial charge on any atom is 0.418 e. The Morgan fingerprint density at radius 2 is 1.84 bits per heavy atom. The highest BCUT2D eigenvalue weighted by molar-refractivity contribution is 5.85. The van der Waals surface area contributed by atoms with Gasteiger partial charge in [-0.15, -0.1) is 24.8 Å². The fraction of sp³-hybridized carbons (Fsp3) is 0.500. The molecule has 0 saturated carbocycles. The highest BCUT2D eigenvalue weighted by atomic mass is 35.5. The van der Waals surface area contributed by atoms with Gasteiger partial charge in [0.05, 0.1) is 5.56 Å². The summed E-state index contributed by atoms with van der Waals surface area (Å²) in [7, 11) is 0. The second-order valence-electron chi connectivity index (χ2n) is 4.26. The van der Waals surface area contributed by atoms with Gasteiger partial charge < -0.3 is 10.2 Å². The molecule has 1 aliphatic heterocycles. The van der Waals surface area contributed by atoms with Crippen molar-refractivity contribution < 1.29 is 13.2 Å². The summed E-state index contributed by atoms with van der Waals surface area (Å²) < 4.78 is 38.7. The Hall–Kier alpha value is -0.650. The van der Waals surface area contributed by atoms with Crippen LogP contribution in [0.5, 0.6) is 0 Å². The third-order valence-corrected chi connectivity index (χ3v) is 3.02. The number of nitrogens with zero attached hydrogens (tertiary/aromatic N) is 1. The standard InChI is InChI=1S/C12H15F3N2.2ClH/c1-9-8-16-6-7-17(9)11-5-3-2-4-10(11)12(13,14)15;;/h2-5,9,16H,6-8H2,1H3;2*1H. The van der Waals surface area contributed by atoms with Gasteiger partial charge in [0, 0.05) is 31.4 Å². The van der Waals surface area contributed by atoms with Crippen molar-refractivity contribution in [1.29, 1.82) is 0 Å². The van der Waals surface area contributed by atoms with Crippen molar-refractivity contribution in [3.63, 3.8) is 0 Å². The van der Waals surface area contributed by atoms with E-state index in [0.29, 0.717) is 13.1 Å². The number of hydrogen-bond acceptors (Lipinski definition) is 2. The summed E-state index contributed by atoms with van der Waals surface area (Å²) in [6.07, 6.45) is -4.29. The van der Waals surface area contributed by atoms with Gasteiger partial charge in [0.15, 0.2) is 0 Å². The molecular formula is C12H17Cl2F3N2. The number of anilines is 1. The second kappa shape index (κ2) is 7.22. The molecule has 1 saturated heterocycles. The van der Waals surface area contributed by atoms with Crippen molar-refractivity contribution in [2.45, 2.75) is 19.1 Å². The number of rotatable bonds is 1. The van der Waals surface area contributed by atoms with Crippen molar-refractivity contribution in [2.24, 2.45) is 0 Å². The summed E-state index contributed by atoms with van der Waals surface area (Å²) in [6, 6.07) is 5.85. The molecule has 2 nitrogen and oxygen atoms in total. The highest BCUT2D eigenvalue weighted by Crippen LogP contribution is 2.37. The van der Waals surface area contributed by atoms with Crippen LogP contribution in [0.2, 0.25) is 0 Å². The van der Waals surface area contributed by atoms with Crippen LogP contribution >= 0.6 is 24.8 Å². The van der Waals surface area contributed by atoms with E-state index in [2.05, 4.69) is 5.32 Å². The van der Waals surface area contributed by atoms with Crippen LogP contribution in [0.4, 0.5) is 18.9 Å². The zero-order valence-electron chi connectivity index (χ0n) is 10.4. The summed E-state index contributed by atoms with van der Waals surface area (Å²) in [5.74, 6) is 0. The van der Waals surface area contributed by atoms with Crippen molar-refractivity contribution in [2.75, 3.05) is 24.5 Å². The maximum absolute atomic E-state index is 12.9. The van der Waals surface area contributed by atoms with Gasteiger partial charge in [-0.3, -0.25) is 0 Å². The number of piperazine rings is 1. The minimum atomic E-state index is -4.29. The zero-order valence-corrected chi connectivity index (χ0v) is 12.0. The van der Waals surface area contributed by atoms with E-state index in [1.165, 1.54) is 6.07 Å². The molecule has 1 unspecified atom stereocenters. The largest absolute Gasteiger partial charge is 0.418 e. The Kier molecular flexibility index (Phi) is 6.97. The molecule has 7 heteroatoms. The van der Waals surface area contributed by atoms with E-state index in [0.717, 1.165) is 12.6 Å². The summed E-state index contributed by atoms with van der Waals surface area (Å²) >= 11 is 0. The maximum atomic E-state index is 12.9. The van der Waals surface area contributed by atoms with Crippen LogP contribution < -0.4 is 10.2 Å². The van der Waals surface area contributed by atoms with E-state index < -0.39 is 11.7 Å². The Balaban J connectivity index is 0.00000162. The van der Waals surface area contributed by atoms with Gasteiger partial charge in [0.25, 0.3) is 0 Å². The number of benzene rings is 1. The first-order valence-electron chi connectivity index (χ1n) is 5.64. The molecule has 0 radical (unpaired) electrons. The minimum Gasteiger partial charge on any atom is -0.366 e. The summed E-state index contributed by atoms with van der Waals surface area (Å²) in [5.41, 5.74) is -0.261. The number of alkyl halides is 3. The third kappa shape index (κ3) is 4.16. The average molecular weight is 317 g/mol. The van der Waals surface area contributed by atoms with E-state index in [9.17, 15) is 13.2 Å². The molecule has 1 N–H and O–H groups in total. The molecular weight excluding hydrogens is 300 g/mol. The van der Waals surface area contributed by atoms with E-state index in [-0.39, 0.29) is 36.5 Å². The molecule has 1 aromatic carbocycles. The van der Waals surface area contributed by atoms with Crippen molar-refractivity contribution in [3.8, 4) is 0 Å². The van der Waals surface area contributed by atoms with Crippen LogP contribution in [0.1, 0.15) is 12.5 Å². The van der Waals surface area contributed by atoms with Gasteiger partial charge >= 0.3 is 6.18 Å². The molecule has 0 spiro atoms.